The molecule has 0 atom stereocenters. The first-order valence-corrected chi connectivity index (χ1v) is 52.0. The number of hydrogen-bond acceptors (Lipinski definition) is 24. The normalized spacial score (nSPS) is 13.9. The predicted octanol–water partition coefficient (Wildman–Crippen LogP) is -7.31. The Hall–Kier alpha value is 5.01. The van der Waals surface area contributed by atoms with Crippen LogP contribution in [-0.2, 0) is 166 Å². The molecule has 54 nitrogen and oxygen atoms in total. The van der Waals surface area contributed by atoms with Crippen molar-refractivity contribution in [3.8, 4) is 0 Å². The molecule has 0 aliphatic heterocycles. The third-order valence-electron chi connectivity index (χ3n) is 10.2. The Labute approximate surface area is 638 Å². The summed E-state index contributed by atoms with van der Waals surface area (Å²) in [6.07, 6.45) is -15.6. The summed E-state index contributed by atoms with van der Waals surface area (Å²) in [4.78, 5) is 279. The second-order valence-corrected chi connectivity index (χ2v) is 45.0. The van der Waals surface area contributed by atoms with Gasteiger partial charge in [0.2, 0.25) is 0 Å². The molecule has 0 amide bonds. The van der Waals surface area contributed by atoms with E-state index in [1.165, 1.54) is 0 Å². The second-order valence-electron chi connectivity index (χ2n) is 20.8. The summed E-state index contributed by atoms with van der Waals surface area (Å²) in [5, 5.41) is 0. The summed E-state index contributed by atoms with van der Waals surface area (Å²) in [6.45, 7) is -5.35. The largest absolute Gasteiger partial charge is 2.00 e. The first-order valence-electron chi connectivity index (χ1n) is 25.0. The van der Waals surface area contributed by atoms with Gasteiger partial charge in [-0.15, -0.1) is 0 Å². The van der Waals surface area contributed by atoms with E-state index in [-0.39, 0.29) is 97.4 Å². The molecule has 74 heteroatoms. The van der Waals surface area contributed by atoms with Crippen LogP contribution in [-0.4, -0.2) is 364 Å². The Morgan fingerprint density at radius 2 is 0.168 bits per heavy atom. The van der Waals surface area contributed by atoms with Crippen LogP contribution in [0.1, 0.15) is 0 Å². The van der Waals surface area contributed by atoms with E-state index in [1.54, 1.807) is 0 Å². The average molecular weight is 2050 g/mol. The second kappa shape index (κ2) is 51.2. The molecule has 0 aromatic heterocycles. The minimum Gasteiger partial charge on any atom is -0.324 e. The minimum absolute atomic E-state index is 0. The van der Waals surface area contributed by atoms with Crippen LogP contribution in [0.4, 0.5) is 0 Å². The molecule has 0 rings (SSSR count). The van der Waals surface area contributed by atoms with Crippen molar-refractivity contribution in [3.63, 3.8) is 0 Å². The molecule has 582 valence electrons. The van der Waals surface area contributed by atoms with E-state index >= 15 is 0 Å². The molecule has 0 aliphatic carbocycles. The van der Waals surface area contributed by atoms with E-state index < -0.39 is 287 Å². The van der Waals surface area contributed by atoms with Crippen molar-refractivity contribution >= 4 is 114 Å². The molecular formula is C27H84N9O45P15Zn5+10. The van der Waals surface area contributed by atoms with Crippen molar-refractivity contribution < 1.29 is 313 Å². The van der Waals surface area contributed by atoms with Gasteiger partial charge >= 0.3 is 211 Å². The third-order valence-corrected chi connectivity index (χ3v) is 21.7. The van der Waals surface area contributed by atoms with Crippen molar-refractivity contribution in [1.82, 2.24) is 44.1 Å². The quantitative estimate of drug-likeness (QED) is 0.0199. The van der Waals surface area contributed by atoms with Gasteiger partial charge in [0.25, 0.3) is 0 Å². The van der Waals surface area contributed by atoms with Gasteiger partial charge in [-0.1, -0.05) is 0 Å². The van der Waals surface area contributed by atoms with Gasteiger partial charge < -0.3 is 147 Å². The van der Waals surface area contributed by atoms with Crippen LogP contribution in [0.15, 0.2) is 0 Å². The fraction of sp³-hybridized carbons (Fsp3) is 1.00. The summed E-state index contributed by atoms with van der Waals surface area (Å²) in [6, 6.07) is 0. The molecule has 0 bridgehead atoms. The Bertz CT molecular complexity index is 2510. The van der Waals surface area contributed by atoms with Crippen LogP contribution in [0, 0.1) is 0 Å². The molecule has 0 aliphatic rings. The van der Waals surface area contributed by atoms with Crippen LogP contribution in [0.5, 0.6) is 0 Å². The van der Waals surface area contributed by atoms with Crippen LogP contribution in [0.3, 0.4) is 0 Å². The summed E-state index contributed by atoms with van der Waals surface area (Å²) in [5.74, 6) is 0. The van der Waals surface area contributed by atoms with Crippen molar-refractivity contribution in [3.05, 3.63) is 0 Å². The molecule has 0 spiro atoms. The molecule has 0 aromatic carbocycles. The van der Waals surface area contributed by atoms with Gasteiger partial charge in [-0.25, -0.2) is 0 Å². The Kier molecular flexibility index (Phi) is 61.6. The maximum atomic E-state index is 11.4. The van der Waals surface area contributed by atoms with Crippen LogP contribution in [0.25, 0.3) is 0 Å². The fourth-order valence-corrected chi connectivity index (χ4v) is 20.0. The topological polar surface area (TPSA) is 892 Å². The third kappa shape index (κ3) is 92.1. The van der Waals surface area contributed by atoms with E-state index in [1.807, 2.05) is 0 Å². The molecule has 30 N–H and O–H groups in total. The number of hydrogen-bond donors (Lipinski definition) is 30. The van der Waals surface area contributed by atoms with Gasteiger partial charge in [-0.05, 0) is 0 Å². The first-order chi connectivity index (χ1) is 41.8. The zero-order valence-corrected chi connectivity index (χ0v) is 81.2. The van der Waals surface area contributed by atoms with Crippen LogP contribution >= 0.6 is 114 Å². The van der Waals surface area contributed by atoms with Crippen molar-refractivity contribution in [2.75, 3.05) is 173 Å². The molecule has 0 radical (unpaired) electrons. The Balaban J connectivity index is -0.000000209. The van der Waals surface area contributed by atoms with Crippen LogP contribution in [0.2, 0.25) is 0 Å². The molecule has 0 saturated heterocycles. The van der Waals surface area contributed by atoms with Gasteiger partial charge in [0.05, 0.1) is 0 Å². The maximum absolute atomic E-state index is 11.4. The summed E-state index contributed by atoms with van der Waals surface area (Å²) in [7, 11) is -71.3. The first kappa shape index (κ1) is 122. The van der Waals surface area contributed by atoms with Gasteiger partial charge in [-0.2, -0.15) is 0 Å². The van der Waals surface area contributed by atoms with E-state index in [0.717, 1.165) is 14.7 Å². The van der Waals surface area contributed by atoms with Crippen molar-refractivity contribution in [2.45, 2.75) is 0 Å². The van der Waals surface area contributed by atoms with E-state index in [2.05, 4.69) is 0 Å². The Morgan fingerprint density at radius 1 is 0.119 bits per heavy atom. The van der Waals surface area contributed by atoms with E-state index in [4.69, 9.17) is 117 Å². The van der Waals surface area contributed by atoms with E-state index in [0.29, 0.717) is 29.4 Å². The fourth-order valence-electron chi connectivity index (χ4n) is 7.48. The van der Waals surface area contributed by atoms with Crippen molar-refractivity contribution in [1.29, 1.82) is 0 Å². The zero-order valence-electron chi connectivity index (χ0n) is 52.9. The molecule has 0 fully saturated rings. The molecule has 0 aromatic rings. The SMILES string of the molecule is O=P(O)(O)CN(CCN(CP(=O)(O)O)CP(=O)(O)O)CCN(CP(=O)(O)O)CP(=O)(O)O.O=P(O)(O)CN(CCN(CP(=O)(O)O)CP(=O)(O)O)CCN(CP(=O)(O)O)CP(=O)(O)O.O=P(O)(O)CN(CCN(CP(=O)(O)O)CP(=O)(O)O)CCN(CP(=O)(O)O)CP(=O)(O)O.[Zn+2].[Zn+2].[Zn+2].[Zn+2].[Zn+2]. The van der Waals surface area contributed by atoms with Crippen molar-refractivity contribution in [2.24, 2.45) is 0 Å². The van der Waals surface area contributed by atoms with Gasteiger partial charge in [0, 0.05) is 78.5 Å². The average Bonchev–Trinajstić information content (AvgIpc) is 3.21. The Morgan fingerprint density at radius 3 is 0.228 bits per heavy atom. The standard InChI is InChI=1S/3C9H28N3O15P5.5Zn/c3*13-28(14,15)5-10(1-3-11(6-29(16,17)18)7-30(19,20)21)2-4-12(8-31(22,23)24)9-32(25,26)27;;;;;/h3*1-9H2,(H2,13,14,15)(H2,16,17,18)(H2,19,20,21)(H2,22,23,24)(H2,25,26,27);;;;;/q;;;5*+2. The van der Waals surface area contributed by atoms with Crippen LogP contribution < -0.4 is 0 Å². The maximum Gasteiger partial charge on any atom is 2.00 e. The number of rotatable bonds is 48. The van der Waals surface area contributed by atoms with Gasteiger partial charge in [-0.3, -0.25) is 113 Å². The van der Waals surface area contributed by atoms with Gasteiger partial charge in [0.15, 0.2) is 0 Å². The molecule has 0 heterocycles. The smallest absolute Gasteiger partial charge is 0.324 e. The molecule has 101 heavy (non-hydrogen) atoms. The summed E-state index contributed by atoms with van der Waals surface area (Å²) >= 11 is 0. The van der Waals surface area contributed by atoms with Gasteiger partial charge in [0.1, 0.15) is 94.3 Å². The summed E-state index contributed by atoms with van der Waals surface area (Å²) < 4.78 is 168. The predicted molar refractivity (Wildman–Crippen MR) is 329 cm³/mol. The van der Waals surface area contributed by atoms with E-state index in [9.17, 15) is 97.8 Å². The number of nitrogens with zero attached hydrogens (tertiary/aromatic N) is 9. The summed E-state index contributed by atoms with van der Waals surface area (Å²) in [5.41, 5.74) is 0. The molecule has 0 unspecified atom stereocenters. The monoisotopic (exact) mass is 2040 g/mol. The molecular weight excluding hydrogens is 1960 g/mol. The zero-order chi connectivity index (χ0) is 76.8. The molecule has 0 saturated carbocycles. The minimum atomic E-state index is -4.76.